The molecule has 0 fully saturated rings. The topological polar surface area (TPSA) is 12.0 Å². The Morgan fingerprint density at radius 2 is 1.63 bits per heavy atom. The maximum atomic E-state index is 13.2. The molecule has 100 valence electrons. The summed E-state index contributed by atoms with van der Waals surface area (Å²) in [7, 11) is 0. The van der Waals surface area contributed by atoms with Gasteiger partial charge in [0.15, 0.2) is 0 Å². The number of hydrogen-bond donors (Lipinski definition) is 1. The summed E-state index contributed by atoms with van der Waals surface area (Å²) in [6.45, 7) is 1.24. The molecule has 0 saturated heterocycles. The van der Waals surface area contributed by atoms with Gasteiger partial charge in [0.2, 0.25) is 0 Å². The molecule has 0 bridgehead atoms. The Labute approximate surface area is 122 Å². The van der Waals surface area contributed by atoms with Crippen LogP contribution in [0.1, 0.15) is 16.7 Å². The van der Waals surface area contributed by atoms with Crippen LogP contribution in [0, 0.1) is 5.82 Å². The van der Waals surface area contributed by atoms with Crippen molar-refractivity contribution in [3.8, 4) is 0 Å². The Morgan fingerprint density at radius 1 is 0.947 bits per heavy atom. The summed E-state index contributed by atoms with van der Waals surface area (Å²) < 4.78 is 13.2. The third-order valence-corrected chi connectivity index (χ3v) is 3.59. The van der Waals surface area contributed by atoms with Gasteiger partial charge in [0.05, 0.1) is 5.02 Å². The summed E-state index contributed by atoms with van der Waals surface area (Å²) in [6.07, 6.45) is 0. The first-order valence-corrected chi connectivity index (χ1v) is 6.89. The van der Waals surface area contributed by atoms with Gasteiger partial charge in [0.1, 0.15) is 5.82 Å². The molecule has 0 aromatic heterocycles. The van der Waals surface area contributed by atoms with Crippen molar-refractivity contribution in [2.45, 2.75) is 19.0 Å². The first kappa shape index (κ1) is 14.3. The zero-order valence-corrected chi connectivity index (χ0v) is 11.8. The van der Waals surface area contributed by atoms with Crippen LogP contribution in [0.25, 0.3) is 0 Å². The quantitative estimate of drug-likeness (QED) is 0.801. The molecule has 4 heteroatoms. The molecule has 0 heterocycles. The average molecular weight is 298 g/mol. The number of halogens is 3. The highest BCUT2D eigenvalue weighted by molar-refractivity contribution is 6.31. The second-order valence-electron chi connectivity index (χ2n) is 4.27. The van der Waals surface area contributed by atoms with Crippen molar-refractivity contribution in [2.75, 3.05) is 0 Å². The number of rotatable bonds is 5. The van der Waals surface area contributed by atoms with E-state index in [-0.39, 0.29) is 10.8 Å². The van der Waals surface area contributed by atoms with Crippen molar-refractivity contribution in [1.82, 2.24) is 5.32 Å². The molecule has 0 aliphatic heterocycles. The van der Waals surface area contributed by atoms with E-state index in [0.29, 0.717) is 19.0 Å². The predicted octanol–water partition coefficient (Wildman–Crippen LogP) is 4.51. The molecule has 0 radical (unpaired) electrons. The van der Waals surface area contributed by atoms with Crippen molar-refractivity contribution >= 4 is 23.2 Å². The van der Waals surface area contributed by atoms with E-state index in [1.165, 1.54) is 6.07 Å². The second-order valence-corrected chi connectivity index (χ2v) is 4.91. The van der Waals surface area contributed by atoms with E-state index in [1.807, 2.05) is 30.3 Å². The SMILES string of the molecule is Fc1cccc(CNCc2ccc(CCl)cc2)c1Cl. The Kier molecular flexibility index (Phi) is 5.20. The van der Waals surface area contributed by atoms with E-state index < -0.39 is 0 Å². The van der Waals surface area contributed by atoms with Gasteiger partial charge in [-0.15, -0.1) is 11.6 Å². The van der Waals surface area contributed by atoms with E-state index in [1.54, 1.807) is 6.07 Å². The molecule has 0 aliphatic rings. The number of nitrogens with one attached hydrogen (secondary N) is 1. The van der Waals surface area contributed by atoms with E-state index in [4.69, 9.17) is 23.2 Å². The van der Waals surface area contributed by atoms with Gasteiger partial charge in [0, 0.05) is 19.0 Å². The second kappa shape index (κ2) is 6.90. The molecule has 1 nitrogen and oxygen atoms in total. The van der Waals surface area contributed by atoms with Crippen molar-refractivity contribution in [2.24, 2.45) is 0 Å². The third-order valence-electron chi connectivity index (χ3n) is 2.85. The molecule has 0 atom stereocenters. The Balaban J connectivity index is 1.90. The number of benzene rings is 2. The zero-order valence-electron chi connectivity index (χ0n) is 10.3. The van der Waals surface area contributed by atoms with E-state index in [0.717, 1.165) is 16.7 Å². The molecule has 1 N–H and O–H groups in total. The lowest BCUT2D eigenvalue weighted by Crippen LogP contribution is -2.13. The summed E-state index contributed by atoms with van der Waals surface area (Å²) in [5.41, 5.74) is 3.01. The van der Waals surface area contributed by atoms with Gasteiger partial charge < -0.3 is 5.32 Å². The molecule has 2 aromatic rings. The predicted molar refractivity (Wildman–Crippen MR) is 78.0 cm³/mol. The molecule has 0 saturated carbocycles. The van der Waals surface area contributed by atoms with Crippen LogP contribution < -0.4 is 5.32 Å². The highest BCUT2D eigenvalue weighted by atomic mass is 35.5. The largest absolute Gasteiger partial charge is 0.309 e. The minimum Gasteiger partial charge on any atom is -0.309 e. The lowest BCUT2D eigenvalue weighted by atomic mass is 10.1. The Bertz CT molecular complexity index is 540. The smallest absolute Gasteiger partial charge is 0.142 e. The van der Waals surface area contributed by atoms with Crippen molar-refractivity contribution in [3.05, 3.63) is 70.0 Å². The standard InChI is InChI=1S/C15H14Cl2FN/c16-8-11-4-6-12(7-5-11)9-19-10-13-2-1-3-14(18)15(13)17/h1-7,19H,8-10H2. The summed E-state index contributed by atoms with van der Waals surface area (Å²) in [4.78, 5) is 0. The van der Waals surface area contributed by atoms with Gasteiger partial charge in [-0.05, 0) is 22.8 Å². The first-order valence-electron chi connectivity index (χ1n) is 5.98. The van der Waals surface area contributed by atoms with Crippen LogP contribution in [0.4, 0.5) is 4.39 Å². The van der Waals surface area contributed by atoms with Crippen molar-refractivity contribution in [1.29, 1.82) is 0 Å². The van der Waals surface area contributed by atoms with Gasteiger partial charge in [-0.25, -0.2) is 4.39 Å². The van der Waals surface area contributed by atoms with Gasteiger partial charge in [0.25, 0.3) is 0 Å². The summed E-state index contributed by atoms with van der Waals surface area (Å²) in [5, 5.41) is 3.43. The zero-order chi connectivity index (χ0) is 13.7. The lowest BCUT2D eigenvalue weighted by molar-refractivity contribution is 0.620. The number of hydrogen-bond acceptors (Lipinski definition) is 1. The molecule has 2 aromatic carbocycles. The molecular weight excluding hydrogens is 284 g/mol. The summed E-state index contributed by atoms with van der Waals surface area (Å²) in [5.74, 6) is 0.138. The lowest BCUT2D eigenvalue weighted by Gasteiger charge is -2.08. The van der Waals surface area contributed by atoms with Gasteiger partial charge in [-0.3, -0.25) is 0 Å². The number of alkyl halides is 1. The van der Waals surface area contributed by atoms with Crippen LogP contribution in [0.2, 0.25) is 5.02 Å². The molecule has 0 amide bonds. The van der Waals surface area contributed by atoms with Gasteiger partial charge in [-0.2, -0.15) is 0 Å². The van der Waals surface area contributed by atoms with Gasteiger partial charge in [-0.1, -0.05) is 48.0 Å². The van der Waals surface area contributed by atoms with E-state index in [9.17, 15) is 4.39 Å². The minimum absolute atomic E-state index is 0.187. The molecule has 2 rings (SSSR count). The Morgan fingerprint density at radius 3 is 2.32 bits per heavy atom. The first-order chi connectivity index (χ1) is 9.20. The maximum absolute atomic E-state index is 13.2. The molecule has 19 heavy (non-hydrogen) atoms. The Hall–Kier alpha value is -1.09. The fraction of sp³-hybridized carbons (Fsp3) is 0.200. The van der Waals surface area contributed by atoms with E-state index >= 15 is 0 Å². The van der Waals surface area contributed by atoms with E-state index in [2.05, 4.69) is 5.32 Å². The maximum Gasteiger partial charge on any atom is 0.142 e. The van der Waals surface area contributed by atoms with Crippen LogP contribution in [-0.4, -0.2) is 0 Å². The van der Waals surface area contributed by atoms with Crippen LogP contribution >= 0.6 is 23.2 Å². The molecule has 0 spiro atoms. The fourth-order valence-electron chi connectivity index (χ4n) is 1.77. The highest BCUT2D eigenvalue weighted by Crippen LogP contribution is 2.19. The van der Waals surface area contributed by atoms with Crippen LogP contribution in [0.3, 0.4) is 0 Å². The average Bonchev–Trinajstić information content (AvgIpc) is 2.44. The van der Waals surface area contributed by atoms with Crippen LogP contribution in [0.15, 0.2) is 42.5 Å². The third kappa shape index (κ3) is 3.93. The van der Waals surface area contributed by atoms with Crippen LogP contribution in [0.5, 0.6) is 0 Å². The van der Waals surface area contributed by atoms with Crippen molar-refractivity contribution < 1.29 is 4.39 Å². The van der Waals surface area contributed by atoms with Crippen molar-refractivity contribution in [3.63, 3.8) is 0 Å². The summed E-state index contributed by atoms with van der Waals surface area (Å²) >= 11 is 11.6. The molecule has 0 unspecified atom stereocenters. The van der Waals surface area contributed by atoms with Crippen LogP contribution in [-0.2, 0) is 19.0 Å². The normalized spacial score (nSPS) is 10.7. The minimum atomic E-state index is -0.382. The fourth-order valence-corrected chi connectivity index (χ4v) is 2.14. The highest BCUT2D eigenvalue weighted by Gasteiger charge is 2.04. The molecular formula is C15H14Cl2FN. The molecule has 0 aliphatic carbocycles. The summed E-state index contributed by atoms with van der Waals surface area (Å²) in [6, 6.07) is 12.9. The monoisotopic (exact) mass is 297 g/mol. The van der Waals surface area contributed by atoms with Gasteiger partial charge >= 0.3 is 0 Å².